The van der Waals surface area contributed by atoms with E-state index >= 15 is 0 Å². The summed E-state index contributed by atoms with van der Waals surface area (Å²) in [7, 11) is 0. The van der Waals surface area contributed by atoms with Gasteiger partial charge in [0.2, 0.25) is 0 Å². The van der Waals surface area contributed by atoms with Gasteiger partial charge in [-0.2, -0.15) is 12.6 Å². The SMILES string of the molecule is C=C(CS)COc1ccc(F)cc1. The van der Waals surface area contributed by atoms with E-state index in [0.717, 1.165) is 5.57 Å². The highest BCUT2D eigenvalue weighted by Gasteiger charge is 1.95. The third-order valence-electron chi connectivity index (χ3n) is 1.48. The van der Waals surface area contributed by atoms with Crippen molar-refractivity contribution in [2.45, 2.75) is 0 Å². The maximum atomic E-state index is 12.5. The molecule has 0 N–H and O–H groups in total. The summed E-state index contributed by atoms with van der Waals surface area (Å²) in [6, 6.07) is 5.89. The Labute approximate surface area is 82.6 Å². The van der Waals surface area contributed by atoms with Crippen molar-refractivity contribution in [1.82, 2.24) is 0 Å². The number of hydrogen-bond donors (Lipinski definition) is 1. The Bertz CT molecular complexity index is 281. The average Bonchev–Trinajstić information content (AvgIpc) is 2.16. The predicted octanol–water partition coefficient (Wildman–Crippen LogP) is 2.69. The van der Waals surface area contributed by atoms with Crippen LogP contribution < -0.4 is 4.74 Å². The zero-order chi connectivity index (χ0) is 9.68. The van der Waals surface area contributed by atoms with Gasteiger partial charge in [0.15, 0.2) is 0 Å². The number of ether oxygens (including phenoxy) is 1. The molecule has 0 aliphatic rings. The molecular formula is C10H11FOS. The topological polar surface area (TPSA) is 9.23 Å². The van der Waals surface area contributed by atoms with E-state index < -0.39 is 0 Å². The van der Waals surface area contributed by atoms with Crippen molar-refractivity contribution >= 4 is 12.6 Å². The summed E-state index contributed by atoms with van der Waals surface area (Å²) >= 11 is 4.04. The summed E-state index contributed by atoms with van der Waals surface area (Å²) in [5, 5.41) is 0. The van der Waals surface area contributed by atoms with E-state index in [1.54, 1.807) is 12.1 Å². The third-order valence-corrected chi connectivity index (χ3v) is 1.93. The standard InChI is InChI=1S/C10H11FOS/c1-8(7-13)6-12-10-4-2-9(11)3-5-10/h2-5,13H,1,6-7H2. The van der Waals surface area contributed by atoms with Crippen LogP contribution in [0.2, 0.25) is 0 Å². The van der Waals surface area contributed by atoms with E-state index in [9.17, 15) is 4.39 Å². The zero-order valence-electron chi connectivity index (χ0n) is 7.16. The fraction of sp³-hybridized carbons (Fsp3) is 0.200. The molecule has 0 radical (unpaired) electrons. The molecule has 0 saturated carbocycles. The lowest BCUT2D eigenvalue weighted by Gasteiger charge is -2.05. The lowest BCUT2D eigenvalue weighted by molar-refractivity contribution is 0.352. The molecule has 0 amide bonds. The number of hydrogen-bond acceptors (Lipinski definition) is 2. The summed E-state index contributed by atoms with van der Waals surface area (Å²) in [6.07, 6.45) is 0. The van der Waals surface area contributed by atoms with Gasteiger partial charge in [0, 0.05) is 5.75 Å². The first-order valence-corrected chi connectivity index (χ1v) is 4.51. The Morgan fingerprint density at radius 2 is 2.00 bits per heavy atom. The summed E-state index contributed by atoms with van der Waals surface area (Å²) in [4.78, 5) is 0. The van der Waals surface area contributed by atoms with Gasteiger partial charge >= 0.3 is 0 Å². The molecule has 1 aromatic carbocycles. The van der Waals surface area contributed by atoms with Crippen LogP contribution >= 0.6 is 12.6 Å². The van der Waals surface area contributed by atoms with Crippen molar-refractivity contribution in [3.05, 3.63) is 42.2 Å². The second kappa shape index (κ2) is 4.92. The van der Waals surface area contributed by atoms with Crippen LogP contribution in [0.1, 0.15) is 0 Å². The van der Waals surface area contributed by atoms with E-state index in [-0.39, 0.29) is 5.82 Å². The van der Waals surface area contributed by atoms with Crippen LogP contribution in [-0.2, 0) is 0 Å². The fourth-order valence-corrected chi connectivity index (χ4v) is 0.853. The van der Waals surface area contributed by atoms with Crippen molar-refractivity contribution in [2.75, 3.05) is 12.4 Å². The van der Waals surface area contributed by atoms with Gasteiger partial charge in [-0.15, -0.1) is 0 Å². The molecule has 3 heteroatoms. The first-order chi connectivity index (χ1) is 6.22. The van der Waals surface area contributed by atoms with Crippen LogP contribution in [-0.4, -0.2) is 12.4 Å². The van der Waals surface area contributed by atoms with Crippen LogP contribution in [0, 0.1) is 5.82 Å². The highest BCUT2D eigenvalue weighted by Crippen LogP contribution is 2.11. The molecule has 0 bridgehead atoms. The summed E-state index contributed by atoms with van der Waals surface area (Å²) < 4.78 is 17.8. The molecule has 0 aliphatic carbocycles. The lowest BCUT2D eigenvalue weighted by atomic mass is 10.3. The van der Waals surface area contributed by atoms with Crippen molar-refractivity contribution in [2.24, 2.45) is 0 Å². The highest BCUT2D eigenvalue weighted by atomic mass is 32.1. The van der Waals surface area contributed by atoms with Gasteiger partial charge in [-0.1, -0.05) is 6.58 Å². The molecule has 0 fully saturated rings. The van der Waals surface area contributed by atoms with E-state index in [1.165, 1.54) is 12.1 Å². The first kappa shape index (κ1) is 10.1. The van der Waals surface area contributed by atoms with Gasteiger partial charge in [-0.25, -0.2) is 4.39 Å². The van der Waals surface area contributed by atoms with Crippen LogP contribution in [0.15, 0.2) is 36.4 Å². The monoisotopic (exact) mass is 198 g/mol. The Morgan fingerprint density at radius 3 is 2.54 bits per heavy atom. The molecule has 0 spiro atoms. The average molecular weight is 198 g/mol. The molecule has 1 aromatic rings. The molecule has 70 valence electrons. The Balaban J connectivity index is 2.46. The van der Waals surface area contributed by atoms with Gasteiger partial charge in [0.1, 0.15) is 18.2 Å². The number of rotatable bonds is 4. The van der Waals surface area contributed by atoms with E-state index in [4.69, 9.17) is 4.74 Å². The lowest BCUT2D eigenvalue weighted by Crippen LogP contribution is -2.00. The molecule has 0 aromatic heterocycles. The summed E-state index contributed by atoms with van der Waals surface area (Å²) in [5.74, 6) is 0.978. The van der Waals surface area contributed by atoms with Gasteiger partial charge in [-0.05, 0) is 29.8 Å². The van der Waals surface area contributed by atoms with Gasteiger partial charge in [0.25, 0.3) is 0 Å². The quantitative estimate of drug-likeness (QED) is 0.578. The van der Waals surface area contributed by atoms with Crippen molar-refractivity contribution < 1.29 is 9.13 Å². The molecule has 1 nitrogen and oxygen atoms in total. The molecule has 0 heterocycles. The molecule has 0 aliphatic heterocycles. The maximum Gasteiger partial charge on any atom is 0.123 e. The van der Waals surface area contributed by atoms with Gasteiger partial charge in [-0.3, -0.25) is 0 Å². The van der Waals surface area contributed by atoms with Crippen LogP contribution in [0.5, 0.6) is 5.75 Å². The van der Waals surface area contributed by atoms with Gasteiger partial charge in [0.05, 0.1) is 0 Å². The normalized spacial score (nSPS) is 9.69. The fourth-order valence-electron chi connectivity index (χ4n) is 0.762. The molecule has 0 saturated heterocycles. The molecule has 1 rings (SSSR count). The van der Waals surface area contributed by atoms with Crippen molar-refractivity contribution in [1.29, 1.82) is 0 Å². The van der Waals surface area contributed by atoms with Gasteiger partial charge < -0.3 is 4.74 Å². The van der Waals surface area contributed by atoms with E-state index in [2.05, 4.69) is 19.2 Å². The Hall–Kier alpha value is -0.960. The minimum absolute atomic E-state index is 0.264. The molecule has 0 unspecified atom stereocenters. The zero-order valence-corrected chi connectivity index (χ0v) is 8.06. The predicted molar refractivity (Wildman–Crippen MR) is 54.9 cm³/mol. The first-order valence-electron chi connectivity index (χ1n) is 3.88. The smallest absolute Gasteiger partial charge is 0.123 e. The molecule has 13 heavy (non-hydrogen) atoms. The van der Waals surface area contributed by atoms with Crippen LogP contribution in [0.25, 0.3) is 0 Å². The summed E-state index contributed by atoms with van der Waals surface area (Å²) in [5.41, 5.74) is 0.896. The van der Waals surface area contributed by atoms with E-state index in [1.807, 2.05) is 0 Å². The second-order valence-corrected chi connectivity index (χ2v) is 2.97. The van der Waals surface area contributed by atoms with Crippen molar-refractivity contribution in [3.8, 4) is 5.75 Å². The Morgan fingerprint density at radius 1 is 1.38 bits per heavy atom. The highest BCUT2D eigenvalue weighted by molar-refractivity contribution is 7.80. The van der Waals surface area contributed by atoms with Crippen LogP contribution in [0.4, 0.5) is 4.39 Å². The Kier molecular flexibility index (Phi) is 3.83. The molecular weight excluding hydrogens is 187 g/mol. The second-order valence-electron chi connectivity index (χ2n) is 2.65. The largest absolute Gasteiger partial charge is 0.489 e. The number of thiol groups is 1. The van der Waals surface area contributed by atoms with Crippen LogP contribution in [0.3, 0.4) is 0 Å². The minimum atomic E-state index is -0.264. The van der Waals surface area contributed by atoms with E-state index in [0.29, 0.717) is 18.1 Å². The summed E-state index contributed by atoms with van der Waals surface area (Å²) in [6.45, 7) is 4.16. The number of halogens is 1. The van der Waals surface area contributed by atoms with Crippen molar-refractivity contribution in [3.63, 3.8) is 0 Å². The number of benzene rings is 1. The maximum absolute atomic E-state index is 12.5. The third kappa shape index (κ3) is 3.51. The minimum Gasteiger partial charge on any atom is -0.489 e. The molecule has 0 atom stereocenters.